The fourth-order valence-electron chi connectivity index (χ4n) is 3.00. The lowest BCUT2D eigenvalue weighted by Crippen LogP contribution is -2.23. The van der Waals surface area contributed by atoms with E-state index in [0.717, 1.165) is 5.92 Å². The normalized spacial score (nSPS) is 24.1. The molecule has 2 aliphatic rings. The van der Waals surface area contributed by atoms with Gasteiger partial charge in [-0.05, 0) is 49.3 Å². The first-order valence-electron chi connectivity index (χ1n) is 7.24. The van der Waals surface area contributed by atoms with Gasteiger partial charge in [-0.25, -0.2) is 0 Å². The van der Waals surface area contributed by atoms with Crippen LogP contribution in [0, 0.1) is 5.92 Å². The molecule has 1 aromatic carbocycles. The number of aryl methyl sites for hydroxylation is 1. The van der Waals surface area contributed by atoms with E-state index in [1.807, 2.05) is 0 Å². The number of fused-ring (bicyclic) bond motifs is 1. The highest BCUT2D eigenvalue weighted by molar-refractivity contribution is 5.31. The summed E-state index contributed by atoms with van der Waals surface area (Å²) in [6, 6.07) is 9.64. The van der Waals surface area contributed by atoms with Crippen molar-refractivity contribution in [1.29, 1.82) is 0 Å². The van der Waals surface area contributed by atoms with Crippen LogP contribution in [0.4, 0.5) is 0 Å². The second-order valence-corrected chi connectivity index (χ2v) is 5.68. The highest BCUT2D eigenvalue weighted by atomic mass is 14.9. The minimum absolute atomic E-state index is 0.618. The molecule has 2 aliphatic carbocycles. The fraction of sp³-hybridized carbons (Fsp3) is 0.625. The Hall–Kier alpha value is -0.820. The Kier molecular flexibility index (Phi) is 3.46. The summed E-state index contributed by atoms with van der Waals surface area (Å²) in [6.07, 6.45) is 9.66. The molecule has 1 saturated carbocycles. The predicted octanol–water partition coefficient (Wildman–Crippen LogP) is 3.84. The zero-order valence-corrected chi connectivity index (χ0v) is 10.6. The van der Waals surface area contributed by atoms with Crippen LogP contribution >= 0.6 is 0 Å². The Bertz CT molecular complexity index is 368. The van der Waals surface area contributed by atoms with Crippen LogP contribution in [0.25, 0.3) is 0 Å². The van der Waals surface area contributed by atoms with E-state index in [2.05, 4.69) is 29.6 Å². The van der Waals surface area contributed by atoms with Gasteiger partial charge in [0.05, 0.1) is 0 Å². The number of benzene rings is 1. The summed E-state index contributed by atoms with van der Waals surface area (Å²) in [5, 5.41) is 3.79. The second kappa shape index (κ2) is 5.22. The maximum absolute atomic E-state index is 3.79. The molecule has 1 atom stereocenters. The molecule has 0 aromatic heterocycles. The first-order valence-corrected chi connectivity index (χ1v) is 7.24. The minimum Gasteiger partial charge on any atom is -0.310 e. The Labute approximate surface area is 105 Å². The molecule has 92 valence electrons. The summed E-state index contributed by atoms with van der Waals surface area (Å²) in [5.41, 5.74) is 3.15. The van der Waals surface area contributed by atoms with Crippen molar-refractivity contribution in [1.82, 2.24) is 5.32 Å². The summed E-state index contributed by atoms with van der Waals surface area (Å²) in [4.78, 5) is 0. The average molecular weight is 229 g/mol. The number of hydrogen-bond acceptors (Lipinski definition) is 1. The maximum Gasteiger partial charge on any atom is 0.0322 e. The monoisotopic (exact) mass is 229 g/mol. The maximum atomic E-state index is 3.79. The van der Waals surface area contributed by atoms with E-state index in [1.54, 1.807) is 11.1 Å². The van der Waals surface area contributed by atoms with Gasteiger partial charge in [0.2, 0.25) is 0 Å². The lowest BCUT2D eigenvalue weighted by atomic mass is 9.99. The van der Waals surface area contributed by atoms with E-state index in [0.29, 0.717) is 6.04 Å². The van der Waals surface area contributed by atoms with Gasteiger partial charge in [0.25, 0.3) is 0 Å². The summed E-state index contributed by atoms with van der Waals surface area (Å²) in [7, 11) is 0. The predicted molar refractivity (Wildman–Crippen MR) is 72.1 cm³/mol. The zero-order chi connectivity index (χ0) is 11.5. The number of rotatable bonds is 4. The molecule has 0 spiro atoms. The summed E-state index contributed by atoms with van der Waals surface area (Å²) >= 11 is 0. The topological polar surface area (TPSA) is 12.0 Å². The second-order valence-electron chi connectivity index (χ2n) is 5.68. The fourth-order valence-corrected chi connectivity index (χ4v) is 3.00. The van der Waals surface area contributed by atoms with E-state index in [9.17, 15) is 0 Å². The van der Waals surface area contributed by atoms with Gasteiger partial charge in [0.1, 0.15) is 0 Å². The van der Waals surface area contributed by atoms with Gasteiger partial charge < -0.3 is 5.32 Å². The first kappa shape index (κ1) is 11.3. The van der Waals surface area contributed by atoms with Gasteiger partial charge in [0.15, 0.2) is 0 Å². The van der Waals surface area contributed by atoms with Crippen molar-refractivity contribution in [3.8, 4) is 0 Å². The Morgan fingerprint density at radius 3 is 2.82 bits per heavy atom. The van der Waals surface area contributed by atoms with E-state index in [4.69, 9.17) is 0 Å². The van der Waals surface area contributed by atoms with Crippen LogP contribution in [0.1, 0.15) is 55.7 Å². The van der Waals surface area contributed by atoms with Gasteiger partial charge >= 0.3 is 0 Å². The summed E-state index contributed by atoms with van der Waals surface area (Å²) in [6.45, 7) is 1.21. The lowest BCUT2D eigenvalue weighted by Gasteiger charge is -2.19. The van der Waals surface area contributed by atoms with Crippen LogP contribution in [0.3, 0.4) is 0 Å². The molecule has 1 unspecified atom stereocenters. The number of nitrogens with one attached hydrogen (secondary N) is 1. The van der Waals surface area contributed by atoms with Crippen LogP contribution in [0.2, 0.25) is 0 Å². The van der Waals surface area contributed by atoms with Crippen molar-refractivity contribution in [2.45, 2.75) is 51.0 Å². The van der Waals surface area contributed by atoms with E-state index < -0.39 is 0 Å². The molecule has 1 heteroatoms. The van der Waals surface area contributed by atoms with Crippen LogP contribution in [0.15, 0.2) is 24.3 Å². The highest BCUT2D eigenvalue weighted by Gasteiger charge is 2.22. The van der Waals surface area contributed by atoms with Crippen LogP contribution in [-0.4, -0.2) is 6.54 Å². The van der Waals surface area contributed by atoms with E-state index in [1.165, 1.54) is 51.5 Å². The lowest BCUT2D eigenvalue weighted by molar-refractivity contribution is 0.475. The Balaban J connectivity index is 1.65. The Morgan fingerprint density at radius 1 is 1.06 bits per heavy atom. The molecule has 1 N–H and O–H groups in total. The molecule has 0 heterocycles. The SMILES string of the molecule is c1ccc2c(c1)CCCCC2NCCC1CC1. The number of hydrogen-bond donors (Lipinski definition) is 1. The van der Waals surface area contributed by atoms with E-state index in [-0.39, 0.29) is 0 Å². The van der Waals surface area contributed by atoms with Crippen molar-refractivity contribution in [3.05, 3.63) is 35.4 Å². The Morgan fingerprint density at radius 2 is 1.94 bits per heavy atom. The molecule has 0 radical (unpaired) electrons. The molecule has 1 fully saturated rings. The summed E-state index contributed by atoms with van der Waals surface area (Å²) in [5.74, 6) is 1.04. The molecule has 1 aromatic rings. The van der Waals surface area contributed by atoms with Crippen molar-refractivity contribution in [2.24, 2.45) is 5.92 Å². The van der Waals surface area contributed by atoms with Gasteiger partial charge in [-0.15, -0.1) is 0 Å². The van der Waals surface area contributed by atoms with Gasteiger partial charge in [-0.1, -0.05) is 43.5 Å². The van der Waals surface area contributed by atoms with Gasteiger partial charge in [0, 0.05) is 6.04 Å². The minimum atomic E-state index is 0.618. The molecular formula is C16H23N. The first-order chi connectivity index (χ1) is 8.43. The van der Waals surface area contributed by atoms with Gasteiger partial charge in [-0.3, -0.25) is 0 Å². The van der Waals surface area contributed by atoms with Crippen molar-refractivity contribution in [2.75, 3.05) is 6.54 Å². The molecule has 0 saturated heterocycles. The van der Waals surface area contributed by atoms with Crippen LogP contribution in [-0.2, 0) is 6.42 Å². The van der Waals surface area contributed by atoms with Gasteiger partial charge in [-0.2, -0.15) is 0 Å². The zero-order valence-electron chi connectivity index (χ0n) is 10.6. The molecule has 0 bridgehead atoms. The molecule has 0 aliphatic heterocycles. The summed E-state index contributed by atoms with van der Waals surface area (Å²) < 4.78 is 0. The largest absolute Gasteiger partial charge is 0.310 e. The van der Waals surface area contributed by atoms with E-state index >= 15 is 0 Å². The molecular weight excluding hydrogens is 206 g/mol. The van der Waals surface area contributed by atoms with Crippen molar-refractivity contribution >= 4 is 0 Å². The quantitative estimate of drug-likeness (QED) is 0.773. The average Bonchev–Trinajstić information content (AvgIpc) is 3.17. The third-order valence-electron chi connectivity index (χ3n) is 4.26. The van der Waals surface area contributed by atoms with Crippen LogP contribution < -0.4 is 5.32 Å². The van der Waals surface area contributed by atoms with Crippen molar-refractivity contribution < 1.29 is 0 Å². The molecule has 0 amide bonds. The molecule has 3 rings (SSSR count). The molecule has 17 heavy (non-hydrogen) atoms. The van der Waals surface area contributed by atoms with Crippen molar-refractivity contribution in [3.63, 3.8) is 0 Å². The third-order valence-corrected chi connectivity index (χ3v) is 4.26. The van der Waals surface area contributed by atoms with Crippen LogP contribution in [0.5, 0.6) is 0 Å². The highest BCUT2D eigenvalue weighted by Crippen LogP contribution is 2.33. The third kappa shape index (κ3) is 2.90. The molecule has 1 nitrogen and oxygen atoms in total. The smallest absolute Gasteiger partial charge is 0.0322 e. The standard InChI is InChI=1S/C16H23N/c1-3-7-15-14(5-1)6-2-4-8-16(15)17-12-11-13-9-10-13/h1,3,5,7,13,16-17H,2,4,6,8-12H2.